The number of benzene rings is 1. The van der Waals surface area contributed by atoms with Crippen molar-refractivity contribution >= 4 is 15.9 Å². The molecule has 0 atom stereocenters. The number of sulfonamides is 1. The third-order valence-corrected chi connectivity index (χ3v) is 6.95. The van der Waals surface area contributed by atoms with Gasteiger partial charge in [0.15, 0.2) is 0 Å². The number of rotatable bonds is 7. The largest absolute Gasteiger partial charge is 0.383 e. The van der Waals surface area contributed by atoms with E-state index in [-0.39, 0.29) is 12.5 Å². The fourth-order valence-electron chi connectivity index (χ4n) is 3.52. The van der Waals surface area contributed by atoms with Crippen LogP contribution in [0.15, 0.2) is 23.1 Å². The Bertz CT molecular complexity index is 743. The Labute approximate surface area is 155 Å². The van der Waals surface area contributed by atoms with Crippen LogP contribution < -0.4 is 5.32 Å². The van der Waals surface area contributed by atoms with Gasteiger partial charge in [0, 0.05) is 39.8 Å². The average Bonchev–Trinajstić information content (AvgIpc) is 3.13. The quantitative estimate of drug-likeness (QED) is 0.685. The van der Waals surface area contributed by atoms with Crippen molar-refractivity contribution < 1.29 is 17.9 Å². The van der Waals surface area contributed by atoms with E-state index in [1.807, 2.05) is 12.1 Å². The Balaban J connectivity index is 1.56. The lowest BCUT2D eigenvalue weighted by Crippen LogP contribution is -2.52. The minimum atomic E-state index is -3.49. The Morgan fingerprint density at radius 3 is 2.62 bits per heavy atom. The molecule has 0 aromatic heterocycles. The Morgan fingerprint density at radius 2 is 1.88 bits per heavy atom. The van der Waals surface area contributed by atoms with Crippen LogP contribution in [0.5, 0.6) is 0 Å². The first-order valence-electron chi connectivity index (χ1n) is 9.12. The molecule has 2 aliphatic rings. The van der Waals surface area contributed by atoms with E-state index in [1.165, 1.54) is 9.87 Å². The molecule has 144 valence electrons. The normalized spacial score (nSPS) is 18.1. The van der Waals surface area contributed by atoms with Gasteiger partial charge < -0.3 is 15.0 Å². The van der Waals surface area contributed by atoms with Crippen LogP contribution in [0.4, 0.5) is 0 Å². The summed E-state index contributed by atoms with van der Waals surface area (Å²) >= 11 is 0. The molecule has 1 amide bonds. The molecule has 8 heteroatoms. The predicted molar refractivity (Wildman–Crippen MR) is 98.6 cm³/mol. The summed E-state index contributed by atoms with van der Waals surface area (Å²) < 4.78 is 32.2. The number of methoxy groups -OCH3 is 1. The van der Waals surface area contributed by atoms with E-state index in [0.717, 1.165) is 24.8 Å². The van der Waals surface area contributed by atoms with Crippen LogP contribution in [-0.4, -0.2) is 76.5 Å². The van der Waals surface area contributed by atoms with Crippen LogP contribution in [-0.2, 0) is 32.4 Å². The van der Waals surface area contributed by atoms with E-state index in [1.54, 1.807) is 18.1 Å². The van der Waals surface area contributed by atoms with Gasteiger partial charge in [0.25, 0.3) is 0 Å². The van der Waals surface area contributed by atoms with Crippen LogP contribution in [0.1, 0.15) is 17.5 Å². The van der Waals surface area contributed by atoms with Crippen molar-refractivity contribution in [3.63, 3.8) is 0 Å². The maximum Gasteiger partial charge on any atom is 0.243 e. The van der Waals surface area contributed by atoms with Gasteiger partial charge in [-0.15, -0.1) is 0 Å². The second-order valence-electron chi connectivity index (χ2n) is 6.74. The summed E-state index contributed by atoms with van der Waals surface area (Å²) in [4.78, 5) is 14.3. The first-order valence-corrected chi connectivity index (χ1v) is 10.6. The topological polar surface area (TPSA) is 79.0 Å². The zero-order valence-electron chi connectivity index (χ0n) is 15.2. The summed E-state index contributed by atoms with van der Waals surface area (Å²) in [6.45, 7) is 2.95. The molecule has 26 heavy (non-hydrogen) atoms. The van der Waals surface area contributed by atoms with Crippen LogP contribution >= 0.6 is 0 Å². The second kappa shape index (κ2) is 8.47. The van der Waals surface area contributed by atoms with Gasteiger partial charge in [-0.1, -0.05) is 6.07 Å². The van der Waals surface area contributed by atoms with Gasteiger partial charge >= 0.3 is 0 Å². The number of hydrogen-bond acceptors (Lipinski definition) is 5. The molecule has 0 bridgehead atoms. The zero-order chi connectivity index (χ0) is 18.6. The van der Waals surface area contributed by atoms with Crippen LogP contribution in [0.25, 0.3) is 0 Å². The van der Waals surface area contributed by atoms with Gasteiger partial charge in [0.1, 0.15) is 0 Å². The molecular formula is C18H27N3O4S. The fourth-order valence-corrected chi connectivity index (χ4v) is 4.99. The summed E-state index contributed by atoms with van der Waals surface area (Å²) in [6.07, 6.45) is 3.09. The zero-order valence-corrected chi connectivity index (χ0v) is 16.1. The van der Waals surface area contributed by atoms with Gasteiger partial charge in [-0.05, 0) is 42.5 Å². The van der Waals surface area contributed by atoms with E-state index < -0.39 is 10.0 Å². The molecule has 1 aliphatic carbocycles. The number of carbonyl (C=O) groups excluding carboxylic acids is 1. The van der Waals surface area contributed by atoms with E-state index in [2.05, 4.69) is 5.32 Å². The van der Waals surface area contributed by atoms with Crippen molar-refractivity contribution in [3.8, 4) is 0 Å². The molecule has 1 aliphatic heterocycles. The van der Waals surface area contributed by atoms with Gasteiger partial charge in [-0.3, -0.25) is 4.79 Å². The van der Waals surface area contributed by atoms with Crippen molar-refractivity contribution in [1.82, 2.24) is 14.5 Å². The molecule has 1 aromatic rings. The van der Waals surface area contributed by atoms with Crippen molar-refractivity contribution in [2.75, 3.05) is 53.0 Å². The van der Waals surface area contributed by atoms with Crippen LogP contribution in [0.2, 0.25) is 0 Å². The molecule has 1 N–H and O–H groups in total. The lowest BCUT2D eigenvalue weighted by atomic mass is 10.1. The highest BCUT2D eigenvalue weighted by atomic mass is 32.2. The number of fused-ring (bicyclic) bond motifs is 1. The summed E-state index contributed by atoms with van der Waals surface area (Å²) in [6, 6.07) is 5.49. The molecule has 1 saturated heterocycles. The first kappa shape index (κ1) is 19.3. The number of carbonyl (C=O) groups is 1. The first-order chi connectivity index (χ1) is 12.5. The highest BCUT2D eigenvalue weighted by Crippen LogP contribution is 2.26. The minimum Gasteiger partial charge on any atom is -0.383 e. The molecule has 1 fully saturated rings. The maximum absolute atomic E-state index is 12.9. The van der Waals surface area contributed by atoms with Gasteiger partial charge in [-0.2, -0.15) is 4.31 Å². The number of piperazine rings is 1. The molecule has 1 aromatic carbocycles. The van der Waals surface area contributed by atoms with Crippen LogP contribution in [0.3, 0.4) is 0 Å². The van der Waals surface area contributed by atoms with Gasteiger partial charge in [0.05, 0.1) is 18.0 Å². The van der Waals surface area contributed by atoms with E-state index in [4.69, 9.17) is 4.74 Å². The van der Waals surface area contributed by atoms with Gasteiger partial charge in [0.2, 0.25) is 15.9 Å². The molecule has 3 rings (SSSR count). The fraction of sp³-hybridized carbons (Fsp3) is 0.611. The van der Waals surface area contributed by atoms with Gasteiger partial charge in [-0.25, -0.2) is 8.42 Å². The highest BCUT2D eigenvalue weighted by Gasteiger charge is 2.30. The third-order valence-electron chi connectivity index (χ3n) is 5.06. The summed E-state index contributed by atoms with van der Waals surface area (Å²) in [5, 5.41) is 3.03. The number of nitrogens with zero attached hydrogens (tertiary/aromatic N) is 2. The van der Waals surface area contributed by atoms with E-state index in [0.29, 0.717) is 44.2 Å². The van der Waals surface area contributed by atoms with Crippen molar-refractivity contribution in [1.29, 1.82) is 0 Å². The maximum atomic E-state index is 12.9. The number of amides is 1. The molecule has 0 spiro atoms. The lowest BCUT2D eigenvalue weighted by Gasteiger charge is -2.34. The van der Waals surface area contributed by atoms with Crippen molar-refractivity contribution in [2.24, 2.45) is 0 Å². The van der Waals surface area contributed by atoms with E-state index >= 15 is 0 Å². The molecule has 1 heterocycles. The SMILES string of the molecule is COCCNCC(=O)N1CCN(S(=O)(=O)c2ccc3c(c2)CCC3)CC1. The number of hydrogen-bond donors (Lipinski definition) is 1. The monoisotopic (exact) mass is 381 g/mol. The van der Waals surface area contributed by atoms with Crippen molar-refractivity contribution in [2.45, 2.75) is 24.2 Å². The Morgan fingerprint density at radius 1 is 1.15 bits per heavy atom. The second-order valence-corrected chi connectivity index (χ2v) is 8.68. The standard InChI is InChI=1S/C18H27N3O4S/c1-25-12-7-19-14-18(22)20-8-10-21(11-9-20)26(23,24)17-6-5-15-3-2-4-16(15)13-17/h5-6,13,19H,2-4,7-12,14H2,1H3. The van der Waals surface area contributed by atoms with E-state index in [9.17, 15) is 13.2 Å². The molecule has 7 nitrogen and oxygen atoms in total. The Hall–Kier alpha value is -1.48. The lowest BCUT2D eigenvalue weighted by molar-refractivity contribution is -0.131. The molecule has 0 unspecified atom stereocenters. The summed E-state index contributed by atoms with van der Waals surface area (Å²) in [5.41, 5.74) is 2.42. The predicted octanol–water partition coefficient (Wildman–Crippen LogP) is 0.244. The highest BCUT2D eigenvalue weighted by molar-refractivity contribution is 7.89. The summed E-state index contributed by atoms with van der Waals surface area (Å²) in [7, 11) is -1.88. The summed E-state index contributed by atoms with van der Waals surface area (Å²) in [5.74, 6) is -0.00400. The number of ether oxygens (including phenoxy) is 1. The number of aryl methyl sites for hydroxylation is 2. The Kier molecular flexibility index (Phi) is 6.29. The molecule has 0 radical (unpaired) electrons. The minimum absolute atomic E-state index is 0.00400. The number of nitrogens with one attached hydrogen (secondary N) is 1. The average molecular weight is 381 g/mol. The molecular weight excluding hydrogens is 354 g/mol. The smallest absolute Gasteiger partial charge is 0.243 e. The van der Waals surface area contributed by atoms with Crippen molar-refractivity contribution in [3.05, 3.63) is 29.3 Å². The van der Waals surface area contributed by atoms with Crippen LogP contribution in [0, 0.1) is 0 Å². The molecule has 0 saturated carbocycles. The third kappa shape index (κ3) is 4.25.